The Balaban J connectivity index is 1.97. The van der Waals surface area contributed by atoms with Crippen molar-refractivity contribution >= 4 is 21.4 Å². The second-order valence-corrected chi connectivity index (χ2v) is 8.47. The van der Waals surface area contributed by atoms with Crippen LogP contribution in [0, 0.1) is 6.92 Å². The molecule has 26 heavy (non-hydrogen) atoms. The van der Waals surface area contributed by atoms with Crippen LogP contribution >= 0.6 is 0 Å². The highest BCUT2D eigenvalue weighted by atomic mass is 32.2. The Kier molecular flexibility index (Phi) is 4.83. The number of aryl methyl sites for hydroxylation is 1. The van der Waals surface area contributed by atoms with Crippen molar-refractivity contribution in [1.82, 2.24) is 4.31 Å². The predicted molar refractivity (Wildman–Crippen MR) is 103 cm³/mol. The summed E-state index contributed by atoms with van der Waals surface area (Å²) in [6, 6.07) is 14.0. The Morgan fingerprint density at radius 2 is 1.65 bits per heavy atom. The van der Waals surface area contributed by atoms with Crippen LogP contribution in [0.4, 0.5) is 0 Å². The lowest BCUT2D eigenvalue weighted by Gasteiger charge is -2.28. The van der Waals surface area contributed by atoms with Gasteiger partial charge in [-0.2, -0.15) is 0 Å². The van der Waals surface area contributed by atoms with Crippen LogP contribution < -0.4 is 0 Å². The van der Waals surface area contributed by atoms with Gasteiger partial charge in [0, 0.05) is 11.8 Å². The summed E-state index contributed by atoms with van der Waals surface area (Å²) in [5.41, 5.74) is 4.22. The van der Waals surface area contributed by atoms with E-state index in [2.05, 4.69) is 6.58 Å². The van der Waals surface area contributed by atoms with Gasteiger partial charge in [-0.3, -0.25) is 9.10 Å². The number of sulfonamides is 1. The van der Waals surface area contributed by atoms with E-state index in [-0.39, 0.29) is 17.2 Å². The minimum atomic E-state index is -3.63. The van der Waals surface area contributed by atoms with E-state index in [0.717, 1.165) is 22.3 Å². The molecule has 1 aliphatic heterocycles. The van der Waals surface area contributed by atoms with Gasteiger partial charge in [-0.1, -0.05) is 54.1 Å². The van der Waals surface area contributed by atoms with Crippen molar-refractivity contribution in [2.24, 2.45) is 0 Å². The second-order valence-electron chi connectivity index (χ2n) is 6.58. The number of rotatable bonds is 4. The van der Waals surface area contributed by atoms with Gasteiger partial charge in [0.1, 0.15) is 0 Å². The summed E-state index contributed by atoms with van der Waals surface area (Å²) in [7, 11) is -3.63. The minimum absolute atomic E-state index is 0.00200. The van der Waals surface area contributed by atoms with E-state index in [1.807, 2.05) is 19.1 Å². The lowest BCUT2D eigenvalue weighted by Crippen LogP contribution is -2.30. The largest absolute Gasteiger partial charge is 0.295 e. The number of allylic oxidation sites excluding steroid dienone is 1. The van der Waals surface area contributed by atoms with E-state index in [4.69, 9.17) is 0 Å². The molecule has 0 aromatic heterocycles. The molecule has 0 spiro atoms. The van der Waals surface area contributed by atoms with Crippen LogP contribution in [-0.4, -0.2) is 25.1 Å². The fourth-order valence-electron chi connectivity index (χ4n) is 2.91. The molecule has 134 valence electrons. The molecule has 0 radical (unpaired) electrons. The monoisotopic (exact) mass is 367 g/mol. The molecule has 0 bridgehead atoms. The van der Waals surface area contributed by atoms with Gasteiger partial charge in [-0.15, -0.1) is 0 Å². The first kappa shape index (κ1) is 18.1. The number of hydrogen-bond acceptors (Lipinski definition) is 3. The molecule has 0 fully saturated rings. The number of carbonyl (C=O) groups excluding carboxylic acids is 1. The summed E-state index contributed by atoms with van der Waals surface area (Å²) in [5.74, 6) is 0.00200. The lowest BCUT2D eigenvalue weighted by atomic mass is 9.96. The number of benzene rings is 2. The zero-order valence-corrected chi connectivity index (χ0v) is 15.7. The standard InChI is InChI=1S/C21H21NO3S/c1-15-4-10-21(11-5-15)26(24,25)22-13-16(2)12-20(14-22)19-8-6-18(7-9-19)17(3)23/h4-11,14H,2,12-13H2,1,3H3. The number of hydrogen-bond donors (Lipinski definition) is 0. The number of nitrogens with zero attached hydrogens (tertiary/aromatic N) is 1. The fourth-order valence-corrected chi connectivity index (χ4v) is 4.28. The highest BCUT2D eigenvalue weighted by Crippen LogP contribution is 2.31. The summed E-state index contributed by atoms with van der Waals surface area (Å²) in [6.07, 6.45) is 2.28. The Labute approximate surface area is 154 Å². The maximum atomic E-state index is 13.0. The fraction of sp³-hybridized carbons (Fsp3) is 0.190. The zero-order chi connectivity index (χ0) is 18.9. The van der Waals surface area contributed by atoms with Gasteiger partial charge >= 0.3 is 0 Å². The van der Waals surface area contributed by atoms with Gasteiger partial charge in [0.25, 0.3) is 10.0 Å². The molecule has 2 aromatic rings. The lowest BCUT2D eigenvalue weighted by molar-refractivity contribution is 0.101. The highest BCUT2D eigenvalue weighted by molar-refractivity contribution is 7.89. The van der Waals surface area contributed by atoms with E-state index in [1.165, 1.54) is 11.2 Å². The van der Waals surface area contributed by atoms with Crippen LogP contribution in [0.25, 0.3) is 5.57 Å². The van der Waals surface area contributed by atoms with Crippen molar-refractivity contribution in [3.05, 3.63) is 83.6 Å². The molecule has 5 heteroatoms. The van der Waals surface area contributed by atoms with E-state index in [0.29, 0.717) is 12.0 Å². The Morgan fingerprint density at radius 1 is 1.04 bits per heavy atom. The van der Waals surface area contributed by atoms with E-state index >= 15 is 0 Å². The number of carbonyl (C=O) groups is 1. The van der Waals surface area contributed by atoms with Crippen LogP contribution in [0.15, 0.2) is 71.8 Å². The average Bonchev–Trinajstić information content (AvgIpc) is 2.61. The van der Waals surface area contributed by atoms with Gasteiger partial charge in [0.15, 0.2) is 5.78 Å². The van der Waals surface area contributed by atoms with Crippen molar-refractivity contribution in [2.75, 3.05) is 6.54 Å². The molecule has 0 atom stereocenters. The highest BCUT2D eigenvalue weighted by Gasteiger charge is 2.26. The number of Topliss-reactive ketones (excluding diaryl/α,β-unsaturated/α-hetero) is 1. The molecule has 0 saturated carbocycles. The van der Waals surface area contributed by atoms with Crippen molar-refractivity contribution in [3.8, 4) is 0 Å². The molecular weight excluding hydrogens is 346 g/mol. The van der Waals surface area contributed by atoms with Gasteiger partial charge in [0.05, 0.1) is 11.4 Å². The second kappa shape index (κ2) is 6.92. The SMILES string of the molecule is C=C1CC(c2ccc(C(C)=O)cc2)=CN(S(=O)(=O)c2ccc(C)cc2)C1. The van der Waals surface area contributed by atoms with Crippen molar-refractivity contribution in [1.29, 1.82) is 0 Å². The van der Waals surface area contributed by atoms with E-state index in [1.54, 1.807) is 42.6 Å². The quantitative estimate of drug-likeness (QED) is 0.601. The van der Waals surface area contributed by atoms with E-state index in [9.17, 15) is 13.2 Å². The number of ketones is 1. The summed E-state index contributed by atoms with van der Waals surface area (Å²) in [5, 5.41) is 0. The van der Waals surface area contributed by atoms with Crippen molar-refractivity contribution < 1.29 is 13.2 Å². The van der Waals surface area contributed by atoms with Gasteiger partial charge in [-0.25, -0.2) is 8.42 Å². The van der Waals surface area contributed by atoms with Crippen LogP contribution in [-0.2, 0) is 10.0 Å². The molecule has 0 amide bonds. The van der Waals surface area contributed by atoms with Crippen LogP contribution in [0.3, 0.4) is 0 Å². The predicted octanol–water partition coefficient (Wildman–Crippen LogP) is 4.19. The Hall–Kier alpha value is -2.66. The molecule has 0 N–H and O–H groups in total. The smallest absolute Gasteiger partial charge is 0.264 e. The molecule has 1 aliphatic rings. The summed E-state index contributed by atoms with van der Waals surface area (Å²) in [6.45, 7) is 7.71. The molecule has 2 aromatic carbocycles. The first-order valence-electron chi connectivity index (χ1n) is 8.34. The Bertz CT molecular complexity index is 985. The van der Waals surface area contributed by atoms with Gasteiger partial charge in [-0.05, 0) is 43.5 Å². The van der Waals surface area contributed by atoms with Gasteiger partial charge < -0.3 is 0 Å². The summed E-state index contributed by atoms with van der Waals surface area (Å²) in [4.78, 5) is 11.7. The minimum Gasteiger partial charge on any atom is -0.295 e. The third-order valence-electron chi connectivity index (χ3n) is 4.41. The zero-order valence-electron chi connectivity index (χ0n) is 14.9. The molecule has 1 heterocycles. The summed E-state index contributed by atoms with van der Waals surface area (Å²) >= 11 is 0. The van der Waals surface area contributed by atoms with Crippen LogP contribution in [0.2, 0.25) is 0 Å². The summed E-state index contributed by atoms with van der Waals surface area (Å²) < 4.78 is 27.3. The van der Waals surface area contributed by atoms with Crippen molar-refractivity contribution in [2.45, 2.75) is 25.2 Å². The van der Waals surface area contributed by atoms with Crippen LogP contribution in [0.5, 0.6) is 0 Å². The molecular formula is C21H21NO3S. The third-order valence-corrected chi connectivity index (χ3v) is 6.13. The van der Waals surface area contributed by atoms with E-state index < -0.39 is 10.0 Å². The van der Waals surface area contributed by atoms with Gasteiger partial charge in [0.2, 0.25) is 0 Å². The third kappa shape index (κ3) is 3.63. The Morgan fingerprint density at radius 3 is 2.23 bits per heavy atom. The topological polar surface area (TPSA) is 54.5 Å². The normalized spacial score (nSPS) is 14.9. The average molecular weight is 367 g/mol. The van der Waals surface area contributed by atoms with Crippen LogP contribution in [0.1, 0.15) is 34.8 Å². The molecule has 0 unspecified atom stereocenters. The molecule has 0 saturated heterocycles. The maximum Gasteiger partial charge on any atom is 0.264 e. The molecule has 0 aliphatic carbocycles. The first-order valence-corrected chi connectivity index (χ1v) is 9.78. The first-order chi connectivity index (χ1) is 12.3. The van der Waals surface area contributed by atoms with Crippen molar-refractivity contribution in [3.63, 3.8) is 0 Å². The molecule has 3 rings (SSSR count). The molecule has 4 nitrogen and oxygen atoms in total. The maximum absolute atomic E-state index is 13.0.